The van der Waals surface area contributed by atoms with Crippen LogP contribution in [0.15, 0.2) is 48.0 Å². The van der Waals surface area contributed by atoms with Crippen LogP contribution in [0.1, 0.15) is 46.8 Å². The van der Waals surface area contributed by atoms with Crippen LogP contribution in [-0.2, 0) is 22.4 Å². The summed E-state index contributed by atoms with van der Waals surface area (Å²) in [6, 6.07) is 14.5. The minimum Gasteiger partial charge on any atom is -0.494 e. The van der Waals surface area contributed by atoms with Crippen molar-refractivity contribution in [3.05, 3.63) is 70.3 Å². The fourth-order valence-corrected chi connectivity index (χ4v) is 3.33. The Kier molecular flexibility index (Phi) is 6.80. The number of hydrogen-bond donors (Lipinski definition) is 0. The molecule has 0 N–H and O–H groups in total. The average Bonchev–Trinajstić information content (AvgIpc) is 2.76. The molecule has 2 aromatic carbocycles. The van der Waals surface area contributed by atoms with Gasteiger partial charge < -0.3 is 9.47 Å². The molecule has 1 aliphatic carbocycles. The number of aryl methyl sites for hydroxylation is 2. The van der Waals surface area contributed by atoms with Gasteiger partial charge in [0.2, 0.25) is 0 Å². The molecule has 0 fully saturated rings. The summed E-state index contributed by atoms with van der Waals surface area (Å²) in [6.45, 7) is 2.06. The first-order chi connectivity index (χ1) is 14.1. The molecule has 0 aromatic heterocycles. The van der Waals surface area contributed by atoms with Gasteiger partial charge in [-0.1, -0.05) is 24.3 Å². The van der Waals surface area contributed by atoms with E-state index in [0.717, 1.165) is 19.3 Å². The van der Waals surface area contributed by atoms with Crippen LogP contribution in [-0.4, -0.2) is 25.0 Å². The predicted octanol–water partition coefficient (Wildman–Crippen LogP) is 4.30. The topological polar surface area (TPSA) is 76.4 Å². The molecule has 0 unspecified atom stereocenters. The van der Waals surface area contributed by atoms with Crippen LogP contribution < -0.4 is 4.74 Å². The Morgan fingerprint density at radius 2 is 1.79 bits per heavy atom. The van der Waals surface area contributed by atoms with Crippen LogP contribution >= 0.6 is 0 Å². The van der Waals surface area contributed by atoms with Crippen molar-refractivity contribution >= 4 is 17.8 Å². The summed E-state index contributed by atoms with van der Waals surface area (Å²) < 4.78 is 10.5. The molecule has 2 aromatic rings. The molecule has 148 valence electrons. The van der Waals surface area contributed by atoms with Crippen molar-refractivity contribution in [2.45, 2.75) is 32.6 Å². The van der Waals surface area contributed by atoms with Crippen molar-refractivity contribution in [2.24, 2.45) is 0 Å². The van der Waals surface area contributed by atoms with Crippen molar-refractivity contribution < 1.29 is 19.1 Å². The van der Waals surface area contributed by atoms with Crippen molar-refractivity contribution in [3.63, 3.8) is 0 Å². The smallest absolute Gasteiger partial charge is 0.349 e. The Balaban J connectivity index is 1.62. The molecular formula is C24H23NO4. The first kappa shape index (κ1) is 20.3. The quantitative estimate of drug-likeness (QED) is 0.305. The van der Waals surface area contributed by atoms with Gasteiger partial charge in [0.15, 0.2) is 12.4 Å². The maximum absolute atomic E-state index is 12.4. The van der Waals surface area contributed by atoms with Gasteiger partial charge in [0.05, 0.1) is 6.61 Å². The van der Waals surface area contributed by atoms with Gasteiger partial charge in [-0.2, -0.15) is 5.26 Å². The number of ether oxygens (including phenoxy) is 2. The second-order valence-corrected chi connectivity index (χ2v) is 6.86. The van der Waals surface area contributed by atoms with Crippen LogP contribution in [0, 0.1) is 11.3 Å². The number of ketones is 1. The summed E-state index contributed by atoms with van der Waals surface area (Å²) >= 11 is 0. The normalized spacial score (nSPS) is 13.2. The monoisotopic (exact) mass is 389 g/mol. The Morgan fingerprint density at radius 1 is 1.07 bits per heavy atom. The average molecular weight is 389 g/mol. The van der Waals surface area contributed by atoms with E-state index in [4.69, 9.17) is 9.47 Å². The molecule has 0 bridgehead atoms. The molecular weight excluding hydrogens is 366 g/mol. The number of fused-ring (bicyclic) bond motifs is 1. The van der Waals surface area contributed by atoms with E-state index in [2.05, 4.69) is 0 Å². The van der Waals surface area contributed by atoms with E-state index < -0.39 is 5.97 Å². The number of nitrogens with zero attached hydrogens (tertiary/aromatic N) is 1. The summed E-state index contributed by atoms with van der Waals surface area (Å²) in [5.41, 5.74) is 3.53. The van der Waals surface area contributed by atoms with Gasteiger partial charge in [-0.05, 0) is 73.6 Å². The SMILES string of the molecule is CCOc1ccc(/C=C(\C#N)C(=O)OCC(=O)c2ccc3c(c2)CCCC3)cc1. The van der Waals surface area contributed by atoms with E-state index in [1.807, 2.05) is 25.1 Å². The highest BCUT2D eigenvalue weighted by Gasteiger charge is 2.16. The summed E-state index contributed by atoms with van der Waals surface area (Å²) in [5, 5.41) is 9.28. The van der Waals surface area contributed by atoms with E-state index in [-0.39, 0.29) is 18.0 Å². The lowest BCUT2D eigenvalue weighted by Gasteiger charge is -2.16. The molecule has 29 heavy (non-hydrogen) atoms. The predicted molar refractivity (Wildman–Crippen MR) is 110 cm³/mol. The number of rotatable bonds is 7. The van der Waals surface area contributed by atoms with Crippen LogP contribution in [0.4, 0.5) is 0 Å². The maximum atomic E-state index is 12.4. The van der Waals surface area contributed by atoms with Crippen LogP contribution in [0.5, 0.6) is 5.75 Å². The van der Waals surface area contributed by atoms with Crippen molar-refractivity contribution in [1.29, 1.82) is 5.26 Å². The van der Waals surface area contributed by atoms with Gasteiger partial charge in [-0.3, -0.25) is 4.79 Å². The zero-order valence-electron chi connectivity index (χ0n) is 16.4. The lowest BCUT2D eigenvalue weighted by molar-refractivity contribution is -0.137. The lowest BCUT2D eigenvalue weighted by Crippen LogP contribution is -2.16. The fraction of sp³-hybridized carbons (Fsp3) is 0.292. The van der Waals surface area contributed by atoms with Crippen LogP contribution in [0.3, 0.4) is 0 Å². The van der Waals surface area contributed by atoms with Crippen molar-refractivity contribution in [1.82, 2.24) is 0 Å². The van der Waals surface area contributed by atoms with Gasteiger partial charge in [0.25, 0.3) is 0 Å². The summed E-state index contributed by atoms with van der Waals surface area (Å²) in [4.78, 5) is 24.6. The molecule has 3 rings (SSSR count). The second kappa shape index (κ2) is 9.70. The number of carbonyl (C=O) groups excluding carboxylic acids is 2. The molecule has 5 nitrogen and oxygen atoms in total. The molecule has 0 spiro atoms. The van der Waals surface area contributed by atoms with Gasteiger partial charge in [0.1, 0.15) is 17.4 Å². The van der Waals surface area contributed by atoms with Gasteiger partial charge in [-0.25, -0.2) is 4.79 Å². The Labute approximate surface area is 170 Å². The fourth-order valence-electron chi connectivity index (χ4n) is 3.33. The number of Topliss-reactive ketones (excluding diaryl/α,β-unsaturated/α-hetero) is 1. The number of esters is 1. The Hall–Kier alpha value is -3.39. The molecule has 0 saturated carbocycles. The minimum atomic E-state index is -0.812. The summed E-state index contributed by atoms with van der Waals surface area (Å²) in [7, 11) is 0. The third-order valence-corrected chi connectivity index (χ3v) is 4.85. The van der Waals surface area contributed by atoms with Crippen LogP contribution in [0.25, 0.3) is 6.08 Å². The molecule has 0 radical (unpaired) electrons. The zero-order valence-corrected chi connectivity index (χ0v) is 16.4. The maximum Gasteiger partial charge on any atom is 0.349 e. The highest BCUT2D eigenvalue weighted by molar-refractivity contribution is 6.02. The highest BCUT2D eigenvalue weighted by Crippen LogP contribution is 2.22. The van der Waals surface area contributed by atoms with E-state index in [1.165, 1.54) is 23.6 Å². The number of carbonyl (C=O) groups is 2. The summed E-state index contributed by atoms with van der Waals surface area (Å²) in [6.07, 6.45) is 5.75. The third kappa shape index (κ3) is 5.32. The number of benzene rings is 2. The molecule has 0 atom stereocenters. The molecule has 5 heteroatoms. The first-order valence-corrected chi connectivity index (χ1v) is 9.77. The molecule has 0 aliphatic heterocycles. The van der Waals surface area contributed by atoms with Crippen LogP contribution in [0.2, 0.25) is 0 Å². The third-order valence-electron chi connectivity index (χ3n) is 4.85. The van der Waals surface area contributed by atoms with Gasteiger partial charge in [0, 0.05) is 5.56 Å². The van der Waals surface area contributed by atoms with Crippen molar-refractivity contribution in [3.8, 4) is 11.8 Å². The molecule has 1 aliphatic rings. The molecule has 0 heterocycles. The van der Waals surface area contributed by atoms with Gasteiger partial charge in [-0.15, -0.1) is 0 Å². The Bertz CT molecular complexity index is 967. The molecule has 0 saturated heterocycles. The Morgan fingerprint density at radius 3 is 2.48 bits per heavy atom. The standard InChI is InChI=1S/C24H23NO4/c1-2-28-22-11-7-17(8-12-22)13-21(15-25)24(27)29-16-23(26)20-10-9-18-5-3-4-6-19(18)14-20/h7-14H,2-6,16H2,1H3/b21-13+. The number of nitriles is 1. The first-order valence-electron chi connectivity index (χ1n) is 9.77. The largest absolute Gasteiger partial charge is 0.494 e. The summed E-state index contributed by atoms with van der Waals surface area (Å²) in [5.74, 6) is -0.376. The van der Waals surface area contributed by atoms with E-state index in [1.54, 1.807) is 30.3 Å². The second-order valence-electron chi connectivity index (χ2n) is 6.86. The molecule has 0 amide bonds. The minimum absolute atomic E-state index is 0.160. The zero-order chi connectivity index (χ0) is 20.6. The lowest BCUT2D eigenvalue weighted by atomic mass is 9.90. The van der Waals surface area contributed by atoms with E-state index in [9.17, 15) is 14.9 Å². The van der Waals surface area contributed by atoms with Crippen molar-refractivity contribution in [2.75, 3.05) is 13.2 Å². The number of hydrogen-bond acceptors (Lipinski definition) is 5. The van der Waals surface area contributed by atoms with Gasteiger partial charge >= 0.3 is 5.97 Å². The van der Waals surface area contributed by atoms with E-state index in [0.29, 0.717) is 23.5 Å². The highest BCUT2D eigenvalue weighted by atomic mass is 16.5. The van der Waals surface area contributed by atoms with E-state index >= 15 is 0 Å².